The summed E-state index contributed by atoms with van der Waals surface area (Å²) in [6.07, 6.45) is 3.85. The summed E-state index contributed by atoms with van der Waals surface area (Å²) in [6.45, 7) is 9.17. The Balaban J connectivity index is 1.94. The van der Waals surface area contributed by atoms with Crippen LogP contribution in [0.15, 0.2) is 78.0 Å². The van der Waals surface area contributed by atoms with Crippen molar-refractivity contribution >= 4 is 11.5 Å². The van der Waals surface area contributed by atoms with Gasteiger partial charge in [-0.3, -0.25) is 0 Å². The first-order valence-corrected chi connectivity index (χ1v) is 8.29. The van der Waals surface area contributed by atoms with Gasteiger partial charge >= 0.3 is 0 Å². The average molecular weight is 335 g/mol. The fourth-order valence-corrected chi connectivity index (χ4v) is 2.32. The number of hydrogen-bond donors (Lipinski definition) is 3. The Hall–Kier alpha value is -2.85. The highest BCUT2D eigenvalue weighted by Crippen LogP contribution is 2.17. The fraction of sp³-hybridized carbons (Fsp3) is 0.190. The molecule has 2 rings (SSSR count). The van der Waals surface area contributed by atoms with Crippen molar-refractivity contribution in [3.63, 3.8) is 0 Å². The van der Waals surface area contributed by atoms with Gasteiger partial charge in [0, 0.05) is 24.4 Å². The largest absolute Gasteiger partial charge is 0.508 e. The van der Waals surface area contributed by atoms with Gasteiger partial charge in [-0.15, -0.1) is 0 Å². The molecule has 0 atom stereocenters. The Kier molecular flexibility index (Phi) is 6.99. The first-order chi connectivity index (χ1) is 12.1. The number of hydrogen-bond acceptors (Lipinski definition) is 3. The molecule has 3 N–H and O–H groups in total. The van der Waals surface area contributed by atoms with Gasteiger partial charge in [-0.2, -0.15) is 0 Å². The molecule has 25 heavy (non-hydrogen) atoms. The maximum atomic E-state index is 9.77. The molecule has 0 heterocycles. The zero-order valence-electron chi connectivity index (χ0n) is 14.8. The van der Waals surface area contributed by atoms with Gasteiger partial charge in [0.1, 0.15) is 11.6 Å². The number of rotatable bonds is 7. The summed E-state index contributed by atoms with van der Waals surface area (Å²) >= 11 is 0. The number of amidine groups is 1. The maximum Gasteiger partial charge on any atom is 0.130 e. The van der Waals surface area contributed by atoms with Gasteiger partial charge < -0.3 is 15.7 Å². The van der Waals surface area contributed by atoms with E-state index in [1.807, 2.05) is 68.5 Å². The van der Waals surface area contributed by atoms with E-state index in [0.717, 1.165) is 28.3 Å². The van der Waals surface area contributed by atoms with Crippen LogP contribution in [0.1, 0.15) is 18.1 Å². The minimum atomic E-state index is 0.296. The third-order valence-electron chi connectivity index (χ3n) is 3.63. The molecule has 0 saturated heterocycles. The lowest BCUT2D eigenvalue weighted by molar-refractivity contribution is 0.465. The van der Waals surface area contributed by atoms with Crippen LogP contribution in [0.2, 0.25) is 0 Å². The lowest BCUT2D eigenvalue weighted by Gasteiger charge is -2.12. The molecule has 0 bridgehead atoms. The Bertz CT molecular complexity index is 778. The second kappa shape index (κ2) is 9.45. The van der Waals surface area contributed by atoms with Gasteiger partial charge in [0.25, 0.3) is 0 Å². The molecule has 0 aliphatic heterocycles. The number of aliphatic imine (C=N–C) groups is 1. The molecule has 4 heteroatoms. The molecular weight excluding hydrogens is 310 g/mol. The highest BCUT2D eigenvalue weighted by atomic mass is 16.3. The van der Waals surface area contributed by atoms with Crippen LogP contribution in [0.3, 0.4) is 0 Å². The van der Waals surface area contributed by atoms with Gasteiger partial charge in [0.2, 0.25) is 0 Å². The SMILES string of the molecule is C=C(CNCc1ccccc1O)NC(/C=C\C)=Nc1ccccc1C. The molecule has 0 aliphatic carbocycles. The number of aromatic hydroxyl groups is 1. The van der Waals surface area contributed by atoms with E-state index in [1.54, 1.807) is 6.07 Å². The summed E-state index contributed by atoms with van der Waals surface area (Å²) in [4.78, 5) is 4.66. The van der Waals surface area contributed by atoms with Crippen LogP contribution in [0.5, 0.6) is 5.75 Å². The van der Waals surface area contributed by atoms with Crippen LogP contribution in [0.25, 0.3) is 0 Å². The molecule has 0 fully saturated rings. The number of phenols is 1. The molecule has 0 radical (unpaired) electrons. The van der Waals surface area contributed by atoms with Crippen LogP contribution in [0, 0.1) is 6.92 Å². The number of nitrogens with one attached hydrogen (secondary N) is 2. The topological polar surface area (TPSA) is 56.6 Å². The minimum absolute atomic E-state index is 0.296. The molecule has 0 aromatic heterocycles. The van der Waals surface area contributed by atoms with Gasteiger partial charge in [-0.1, -0.05) is 49.1 Å². The molecular formula is C21H25N3O. The third-order valence-corrected chi connectivity index (χ3v) is 3.63. The van der Waals surface area contributed by atoms with Gasteiger partial charge in [0.15, 0.2) is 0 Å². The molecule has 2 aromatic rings. The zero-order chi connectivity index (χ0) is 18.1. The van der Waals surface area contributed by atoms with Crippen molar-refractivity contribution in [2.75, 3.05) is 6.54 Å². The monoisotopic (exact) mass is 335 g/mol. The zero-order valence-corrected chi connectivity index (χ0v) is 14.8. The molecule has 0 amide bonds. The van der Waals surface area contributed by atoms with Crippen molar-refractivity contribution in [1.29, 1.82) is 0 Å². The molecule has 130 valence electrons. The number of nitrogens with zero attached hydrogens (tertiary/aromatic N) is 1. The van der Waals surface area contributed by atoms with Crippen molar-refractivity contribution in [1.82, 2.24) is 10.6 Å². The van der Waals surface area contributed by atoms with Gasteiger partial charge in [0.05, 0.1) is 5.69 Å². The number of phenolic OH excluding ortho intramolecular Hbond substituents is 1. The van der Waals surface area contributed by atoms with Crippen molar-refractivity contribution in [3.05, 3.63) is 84.1 Å². The van der Waals surface area contributed by atoms with Gasteiger partial charge in [-0.05, 0) is 37.6 Å². The van der Waals surface area contributed by atoms with Crippen molar-refractivity contribution in [2.24, 2.45) is 4.99 Å². The number of allylic oxidation sites excluding steroid dienone is 1. The molecule has 0 unspecified atom stereocenters. The third kappa shape index (κ3) is 5.94. The fourth-order valence-electron chi connectivity index (χ4n) is 2.32. The van der Waals surface area contributed by atoms with Crippen LogP contribution in [-0.2, 0) is 6.54 Å². The molecule has 4 nitrogen and oxygen atoms in total. The Morgan fingerprint density at radius 2 is 1.88 bits per heavy atom. The number of aryl methyl sites for hydroxylation is 1. The molecule has 2 aromatic carbocycles. The van der Waals surface area contributed by atoms with Crippen molar-refractivity contribution in [3.8, 4) is 5.75 Å². The highest BCUT2D eigenvalue weighted by molar-refractivity contribution is 5.96. The van der Waals surface area contributed by atoms with E-state index in [0.29, 0.717) is 18.8 Å². The van der Waals surface area contributed by atoms with Crippen LogP contribution >= 0.6 is 0 Å². The standard InChI is InChI=1S/C21H25N3O/c1-4-9-21(24-19-12-7-5-10-16(19)2)23-17(3)14-22-15-18-11-6-8-13-20(18)25/h4-13,22,25H,3,14-15H2,1-2H3,(H,23,24)/b9-4-. The van der Waals surface area contributed by atoms with Crippen LogP contribution < -0.4 is 10.6 Å². The Morgan fingerprint density at radius 3 is 2.60 bits per heavy atom. The lowest BCUT2D eigenvalue weighted by atomic mass is 10.2. The van der Waals surface area contributed by atoms with E-state index in [9.17, 15) is 5.11 Å². The molecule has 0 saturated carbocycles. The van der Waals surface area contributed by atoms with E-state index >= 15 is 0 Å². The van der Waals surface area contributed by atoms with Crippen molar-refractivity contribution in [2.45, 2.75) is 20.4 Å². The van der Waals surface area contributed by atoms with Crippen molar-refractivity contribution < 1.29 is 5.11 Å². The van der Waals surface area contributed by atoms with Crippen LogP contribution in [-0.4, -0.2) is 17.5 Å². The predicted octanol–water partition coefficient (Wildman–Crippen LogP) is 4.20. The summed E-state index contributed by atoms with van der Waals surface area (Å²) < 4.78 is 0. The molecule has 0 spiro atoms. The van der Waals surface area contributed by atoms with E-state index < -0.39 is 0 Å². The summed E-state index contributed by atoms with van der Waals surface area (Å²) in [7, 11) is 0. The Morgan fingerprint density at radius 1 is 1.16 bits per heavy atom. The lowest BCUT2D eigenvalue weighted by Crippen LogP contribution is -2.28. The number of para-hydroxylation sites is 2. The summed E-state index contributed by atoms with van der Waals surface area (Å²) in [5, 5.41) is 16.3. The normalized spacial score (nSPS) is 11.7. The minimum Gasteiger partial charge on any atom is -0.508 e. The molecule has 0 aliphatic rings. The highest BCUT2D eigenvalue weighted by Gasteiger charge is 2.02. The second-order valence-corrected chi connectivity index (χ2v) is 5.74. The summed E-state index contributed by atoms with van der Waals surface area (Å²) in [5.74, 6) is 1.04. The predicted molar refractivity (Wildman–Crippen MR) is 105 cm³/mol. The average Bonchev–Trinajstić information content (AvgIpc) is 2.59. The van der Waals surface area contributed by atoms with Crippen LogP contribution in [0.4, 0.5) is 5.69 Å². The van der Waals surface area contributed by atoms with E-state index in [2.05, 4.69) is 22.2 Å². The Labute approximate surface area is 149 Å². The summed E-state index contributed by atoms with van der Waals surface area (Å²) in [5.41, 5.74) is 3.71. The second-order valence-electron chi connectivity index (χ2n) is 5.74. The number of benzene rings is 2. The van der Waals surface area contributed by atoms with E-state index in [-0.39, 0.29) is 0 Å². The first kappa shape index (κ1) is 18.5. The van der Waals surface area contributed by atoms with E-state index in [1.165, 1.54) is 0 Å². The smallest absolute Gasteiger partial charge is 0.130 e. The van der Waals surface area contributed by atoms with Gasteiger partial charge in [-0.25, -0.2) is 4.99 Å². The van der Waals surface area contributed by atoms with E-state index in [4.69, 9.17) is 0 Å². The quantitative estimate of drug-likeness (QED) is 0.525. The maximum absolute atomic E-state index is 9.77. The first-order valence-electron chi connectivity index (χ1n) is 8.29. The summed E-state index contributed by atoms with van der Waals surface area (Å²) in [6, 6.07) is 15.3.